The molecule has 2 unspecified atom stereocenters. The first-order valence-corrected chi connectivity index (χ1v) is 7.88. The predicted molar refractivity (Wildman–Crippen MR) is 84.1 cm³/mol. The summed E-state index contributed by atoms with van der Waals surface area (Å²) in [5.74, 6) is 0.268. The highest BCUT2D eigenvalue weighted by Crippen LogP contribution is 2.45. The van der Waals surface area contributed by atoms with Crippen molar-refractivity contribution in [2.24, 2.45) is 0 Å². The molecule has 2 heterocycles. The van der Waals surface area contributed by atoms with Crippen molar-refractivity contribution >= 4 is 23.3 Å². The molecule has 0 bridgehead atoms. The van der Waals surface area contributed by atoms with Gasteiger partial charge in [-0.25, -0.2) is 0 Å². The maximum Gasteiger partial charge on any atom is 0.325 e. The Kier molecular flexibility index (Phi) is 4.09. The van der Waals surface area contributed by atoms with Gasteiger partial charge in [0, 0.05) is 29.2 Å². The summed E-state index contributed by atoms with van der Waals surface area (Å²) in [6, 6.07) is 6.37. The topological polar surface area (TPSA) is 32.8 Å². The van der Waals surface area contributed by atoms with E-state index in [2.05, 4.69) is 22.9 Å². The van der Waals surface area contributed by atoms with Crippen LogP contribution in [0.4, 0.5) is 5.69 Å². The fraction of sp³-hybridized carbons (Fsp3) is 0.562. The zero-order chi connectivity index (χ0) is 15.0. The smallest absolute Gasteiger partial charge is 0.325 e. The molecule has 2 aliphatic heterocycles. The van der Waals surface area contributed by atoms with Crippen LogP contribution in [0.15, 0.2) is 18.2 Å². The highest BCUT2D eigenvalue weighted by Gasteiger charge is 2.41. The van der Waals surface area contributed by atoms with E-state index in [-0.39, 0.29) is 5.97 Å². The van der Waals surface area contributed by atoms with E-state index in [4.69, 9.17) is 16.3 Å². The molecule has 5 heteroatoms. The van der Waals surface area contributed by atoms with E-state index >= 15 is 0 Å². The number of likely N-dealkylation sites (tertiary alicyclic amines) is 1. The summed E-state index contributed by atoms with van der Waals surface area (Å²) < 4.78 is 5.13. The molecule has 1 saturated heterocycles. The molecule has 2 aliphatic rings. The molecule has 2 atom stereocenters. The standard InChI is InChI=1S/C16H21ClN2O2/c1-3-21-16(20)10-19-14-5-4-11(17)8-12(14)13-9-18(2)7-6-15(13)19/h4-5,8,13,15H,3,6-7,9-10H2,1-2H3. The van der Waals surface area contributed by atoms with E-state index in [0.717, 1.165) is 30.2 Å². The minimum Gasteiger partial charge on any atom is -0.465 e. The van der Waals surface area contributed by atoms with Crippen molar-refractivity contribution in [2.75, 3.05) is 38.2 Å². The quantitative estimate of drug-likeness (QED) is 0.803. The number of halogens is 1. The molecule has 114 valence electrons. The fourth-order valence-electron chi connectivity index (χ4n) is 3.59. The molecule has 0 spiro atoms. The Hall–Kier alpha value is -1.26. The van der Waals surface area contributed by atoms with Gasteiger partial charge in [-0.05, 0) is 50.7 Å². The Morgan fingerprint density at radius 2 is 2.29 bits per heavy atom. The number of hydrogen-bond donors (Lipinski definition) is 0. The molecular weight excluding hydrogens is 288 g/mol. The maximum atomic E-state index is 11.9. The Labute approximate surface area is 130 Å². The van der Waals surface area contributed by atoms with Crippen molar-refractivity contribution in [3.63, 3.8) is 0 Å². The van der Waals surface area contributed by atoms with Crippen molar-refractivity contribution in [3.05, 3.63) is 28.8 Å². The lowest BCUT2D eigenvalue weighted by Gasteiger charge is -2.37. The minimum absolute atomic E-state index is 0.155. The number of carbonyl (C=O) groups is 1. The lowest BCUT2D eigenvalue weighted by molar-refractivity contribution is -0.141. The Balaban J connectivity index is 1.91. The largest absolute Gasteiger partial charge is 0.465 e. The summed E-state index contributed by atoms with van der Waals surface area (Å²) in [6.07, 6.45) is 1.06. The number of piperidine rings is 1. The molecule has 1 aromatic carbocycles. The van der Waals surface area contributed by atoms with Gasteiger partial charge in [0.05, 0.1) is 6.61 Å². The van der Waals surface area contributed by atoms with Gasteiger partial charge >= 0.3 is 5.97 Å². The van der Waals surface area contributed by atoms with Crippen molar-refractivity contribution < 1.29 is 9.53 Å². The van der Waals surface area contributed by atoms with Crippen LogP contribution < -0.4 is 4.90 Å². The van der Waals surface area contributed by atoms with E-state index in [1.54, 1.807) is 0 Å². The third-order valence-electron chi connectivity index (χ3n) is 4.48. The molecule has 4 nitrogen and oxygen atoms in total. The normalized spacial score (nSPS) is 24.6. The number of ether oxygens (including phenoxy) is 1. The number of esters is 1. The summed E-state index contributed by atoms with van der Waals surface area (Å²) in [6.45, 7) is 4.66. The van der Waals surface area contributed by atoms with Gasteiger partial charge in [-0.3, -0.25) is 4.79 Å². The number of nitrogens with zero attached hydrogens (tertiary/aromatic N) is 2. The summed E-state index contributed by atoms with van der Waals surface area (Å²) in [5.41, 5.74) is 2.40. The van der Waals surface area contributed by atoms with Gasteiger partial charge in [0.2, 0.25) is 0 Å². The molecule has 0 amide bonds. The van der Waals surface area contributed by atoms with Crippen LogP contribution in [0.5, 0.6) is 0 Å². The summed E-state index contributed by atoms with van der Waals surface area (Å²) in [7, 11) is 2.15. The van der Waals surface area contributed by atoms with Crippen LogP contribution in [0, 0.1) is 0 Å². The average Bonchev–Trinajstić information content (AvgIpc) is 2.72. The molecule has 0 N–H and O–H groups in total. The van der Waals surface area contributed by atoms with Crippen LogP contribution in [0.1, 0.15) is 24.8 Å². The lowest BCUT2D eigenvalue weighted by atomic mass is 9.89. The molecule has 1 fully saturated rings. The number of fused-ring (bicyclic) bond motifs is 3. The SMILES string of the molecule is CCOC(=O)CN1c2ccc(Cl)cc2C2CN(C)CCC21. The van der Waals surface area contributed by atoms with Gasteiger partial charge < -0.3 is 14.5 Å². The average molecular weight is 309 g/mol. The Bertz CT molecular complexity index is 549. The second-order valence-corrected chi connectivity index (χ2v) is 6.30. The summed E-state index contributed by atoms with van der Waals surface area (Å²) in [4.78, 5) is 16.5. The van der Waals surface area contributed by atoms with E-state index in [1.165, 1.54) is 5.56 Å². The monoisotopic (exact) mass is 308 g/mol. The number of hydrogen-bond acceptors (Lipinski definition) is 4. The van der Waals surface area contributed by atoms with Crippen molar-refractivity contribution in [2.45, 2.75) is 25.3 Å². The summed E-state index contributed by atoms with van der Waals surface area (Å²) in [5, 5.41) is 0.763. The zero-order valence-electron chi connectivity index (χ0n) is 12.5. The third-order valence-corrected chi connectivity index (χ3v) is 4.72. The van der Waals surface area contributed by atoms with E-state index in [9.17, 15) is 4.79 Å². The van der Waals surface area contributed by atoms with Gasteiger partial charge in [0.1, 0.15) is 6.54 Å². The van der Waals surface area contributed by atoms with Crippen molar-refractivity contribution in [1.82, 2.24) is 4.90 Å². The molecule has 0 radical (unpaired) electrons. The number of anilines is 1. The van der Waals surface area contributed by atoms with Crippen LogP contribution in [0.3, 0.4) is 0 Å². The molecule has 0 aromatic heterocycles. The van der Waals surface area contributed by atoms with Crippen LogP contribution in [-0.4, -0.2) is 50.2 Å². The number of likely N-dealkylation sites (N-methyl/N-ethyl adjacent to an activating group) is 1. The number of rotatable bonds is 3. The van der Waals surface area contributed by atoms with Crippen LogP contribution in [0.25, 0.3) is 0 Å². The van der Waals surface area contributed by atoms with Gasteiger partial charge in [-0.2, -0.15) is 0 Å². The summed E-state index contributed by atoms with van der Waals surface area (Å²) >= 11 is 6.17. The first-order valence-electron chi connectivity index (χ1n) is 7.50. The highest BCUT2D eigenvalue weighted by molar-refractivity contribution is 6.30. The minimum atomic E-state index is -0.155. The maximum absolute atomic E-state index is 11.9. The van der Waals surface area contributed by atoms with Gasteiger partial charge in [-0.15, -0.1) is 0 Å². The molecular formula is C16H21ClN2O2. The second kappa shape index (κ2) is 5.85. The predicted octanol–water partition coefficient (Wildman–Crippen LogP) is 2.51. The molecule has 0 saturated carbocycles. The number of benzene rings is 1. The van der Waals surface area contributed by atoms with Crippen LogP contribution in [-0.2, 0) is 9.53 Å². The van der Waals surface area contributed by atoms with Crippen molar-refractivity contribution in [3.8, 4) is 0 Å². The first kappa shape index (κ1) is 14.7. The Morgan fingerprint density at radius 1 is 1.48 bits per heavy atom. The molecule has 0 aliphatic carbocycles. The van der Waals surface area contributed by atoms with E-state index in [0.29, 0.717) is 25.1 Å². The van der Waals surface area contributed by atoms with Crippen molar-refractivity contribution in [1.29, 1.82) is 0 Å². The molecule has 21 heavy (non-hydrogen) atoms. The van der Waals surface area contributed by atoms with Gasteiger partial charge in [0.15, 0.2) is 0 Å². The van der Waals surface area contributed by atoms with E-state index in [1.807, 2.05) is 19.1 Å². The fourth-order valence-corrected chi connectivity index (χ4v) is 3.77. The molecule has 1 aromatic rings. The number of carbonyl (C=O) groups excluding carboxylic acids is 1. The third kappa shape index (κ3) is 2.74. The van der Waals surface area contributed by atoms with Crippen LogP contribution >= 0.6 is 11.6 Å². The Morgan fingerprint density at radius 3 is 3.05 bits per heavy atom. The zero-order valence-corrected chi connectivity index (χ0v) is 13.3. The first-order chi connectivity index (χ1) is 10.1. The molecule has 3 rings (SSSR count). The van der Waals surface area contributed by atoms with Gasteiger partial charge in [-0.1, -0.05) is 11.6 Å². The lowest BCUT2D eigenvalue weighted by Crippen LogP contribution is -2.46. The second-order valence-electron chi connectivity index (χ2n) is 5.86. The van der Waals surface area contributed by atoms with Gasteiger partial charge in [0.25, 0.3) is 0 Å². The van der Waals surface area contributed by atoms with E-state index < -0.39 is 0 Å². The van der Waals surface area contributed by atoms with Crippen LogP contribution in [0.2, 0.25) is 5.02 Å². The highest BCUT2D eigenvalue weighted by atomic mass is 35.5.